The van der Waals surface area contributed by atoms with Gasteiger partial charge in [0.15, 0.2) is 0 Å². The van der Waals surface area contributed by atoms with Gasteiger partial charge in [-0.3, -0.25) is 0 Å². The van der Waals surface area contributed by atoms with Crippen molar-refractivity contribution in [2.24, 2.45) is 11.8 Å². The van der Waals surface area contributed by atoms with E-state index in [9.17, 15) is 13.6 Å². The first-order valence-corrected chi connectivity index (χ1v) is 13.3. The second-order valence-electron chi connectivity index (χ2n) is 9.89. The Bertz CT molecular complexity index is 1030. The zero-order valence-corrected chi connectivity index (χ0v) is 21.2. The summed E-state index contributed by atoms with van der Waals surface area (Å²) in [5.74, 6) is -0.942. The first kappa shape index (κ1) is 27.6. The summed E-state index contributed by atoms with van der Waals surface area (Å²) in [5.41, 5.74) is -0.429. The number of nitrogens with zero attached hydrogens (tertiary/aromatic N) is 1. The van der Waals surface area contributed by atoms with E-state index in [2.05, 4.69) is 6.92 Å². The van der Waals surface area contributed by atoms with Crippen LogP contribution in [-0.4, -0.2) is 12.6 Å². The van der Waals surface area contributed by atoms with Gasteiger partial charge >= 0.3 is 5.97 Å². The molecule has 0 heterocycles. The molecule has 1 saturated carbocycles. The highest BCUT2D eigenvalue weighted by Crippen LogP contribution is 2.33. The average Bonchev–Trinajstić information content (AvgIpc) is 2.87. The number of nitriles is 1. The topological polar surface area (TPSA) is 59.3 Å². The fourth-order valence-electron chi connectivity index (χ4n) is 4.85. The first-order chi connectivity index (χ1) is 17.5. The SMILES string of the molecule is CCCCCCCCCC1CCC(COc2ccc(C(=O)Oc3ccc(C#N)c(F)c3)c(F)c2)CC1. The molecule has 0 atom stereocenters. The predicted octanol–water partition coefficient (Wildman–Crippen LogP) is 8.38. The number of hydrogen-bond acceptors (Lipinski definition) is 4. The molecule has 4 nitrogen and oxygen atoms in total. The number of carbonyl (C=O) groups is 1. The molecule has 0 aromatic heterocycles. The van der Waals surface area contributed by atoms with E-state index in [1.54, 1.807) is 12.1 Å². The van der Waals surface area contributed by atoms with Gasteiger partial charge in [-0.1, -0.05) is 71.1 Å². The molecule has 194 valence electrons. The molecule has 0 aliphatic heterocycles. The van der Waals surface area contributed by atoms with Gasteiger partial charge in [0.25, 0.3) is 0 Å². The number of unbranched alkanes of at least 4 members (excludes halogenated alkanes) is 6. The van der Waals surface area contributed by atoms with E-state index in [4.69, 9.17) is 14.7 Å². The number of rotatable bonds is 13. The number of carbonyl (C=O) groups excluding carboxylic acids is 1. The summed E-state index contributed by atoms with van der Waals surface area (Å²) in [4.78, 5) is 12.3. The number of ether oxygens (including phenoxy) is 2. The van der Waals surface area contributed by atoms with Crippen LogP contribution in [-0.2, 0) is 0 Å². The van der Waals surface area contributed by atoms with Crippen LogP contribution in [0.15, 0.2) is 36.4 Å². The minimum atomic E-state index is -0.942. The van der Waals surface area contributed by atoms with Crippen molar-refractivity contribution < 1.29 is 23.0 Å². The second-order valence-corrected chi connectivity index (χ2v) is 9.89. The minimum absolute atomic E-state index is 0.0983. The lowest BCUT2D eigenvalue weighted by Crippen LogP contribution is -2.20. The molecular weight excluding hydrogens is 460 g/mol. The zero-order chi connectivity index (χ0) is 25.8. The van der Waals surface area contributed by atoms with E-state index in [1.165, 1.54) is 88.5 Å². The van der Waals surface area contributed by atoms with Crippen molar-refractivity contribution in [3.8, 4) is 17.6 Å². The van der Waals surface area contributed by atoms with Gasteiger partial charge in [0, 0.05) is 12.1 Å². The summed E-state index contributed by atoms with van der Waals surface area (Å²) < 4.78 is 39.1. The summed E-state index contributed by atoms with van der Waals surface area (Å²) in [6.45, 7) is 2.79. The summed E-state index contributed by atoms with van der Waals surface area (Å²) in [6, 6.07) is 9.15. The first-order valence-electron chi connectivity index (χ1n) is 13.3. The Morgan fingerprint density at radius 2 is 1.53 bits per heavy atom. The maximum Gasteiger partial charge on any atom is 0.346 e. The molecule has 2 aromatic rings. The predicted molar refractivity (Wildman–Crippen MR) is 136 cm³/mol. The maximum atomic E-state index is 14.6. The van der Waals surface area contributed by atoms with Crippen LogP contribution in [0.3, 0.4) is 0 Å². The zero-order valence-electron chi connectivity index (χ0n) is 21.2. The highest BCUT2D eigenvalue weighted by molar-refractivity contribution is 5.91. The largest absolute Gasteiger partial charge is 0.493 e. The van der Waals surface area contributed by atoms with Gasteiger partial charge in [0.05, 0.1) is 17.7 Å². The van der Waals surface area contributed by atoms with Crippen molar-refractivity contribution >= 4 is 5.97 Å². The van der Waals surface area contributed by atoms with E-state index >= 15 is 0 Å². The average molecular weight is 498 g/mol. The Hall–Kier alpha value is -2.94. The molecule has 0 amide bonds. The van der Waals surface area contributed by atoms with Crippen LogP contribution in [0.2, 0.25) is 0 Å². The van der Waals surface area contributed by atoms with E-state index in [-0.39, 0.29) is 16.9 Å². The molecule has 1 aliphatic rings. The highest BCUT2D eigenvalue weighted by Gasteiger charge is 2.22. The lowest BCUT2D eigenvalue weighted by atomic mass is 9.80. The Balaban J connectivity index is 1.38. The Kier molecular flexibility index (Phi) is 11.2. The number of halogens is 2. The lowest BCUT2D eigenvalue weighted by Gasteiger charge is -2.28. The summed E-state index contributed by atoms with van der Waals surface area (Å²) in [5, 5.41) is 8.78. The molecule has 2 aromatic carbocycles. The van der Waals surface area contributed by atoms with Crippen LogP contribution in [0.1, 0.15) is 99.9 Å². The van der Waals surface area contributed by atoms with Crippen molar-refractivity contribution in [1.29, 1.82) is 5.26 Å². The van der Waals surface area contributed by atoms with E-state index in [0.29, 0.717) is 18.3 Å². The van der Waals surface area contributed by atoms with Crippen LogP contribution in [0.5, 0.6) is 11.5 Å². The third-order valence-corrected chi connectivity index (χ3v) is 7.10. The molecule has 0 spiro atoms. The number of esters is 1. The van der Waals surface area contributed by atoms with E-state index < -0.39 is 17.6 Å². The Labute approximate surface area is 213 Å². The minimum Gasteiger partial charge on any atom is -0.493 e. The molecule has 0 radical (unpaired) electrons. The van der Waals surface area contributed by atoms with Crippen LogP contribution in [0.25, 0.3) is 0 Å². The van der Waals surface area contributed by atoms with Gasteiger partial charge in [-0.25, -0.2) is 13.6 Å². The van der Waals surface area contributed by atoms with Crippen LogP contribution >= 0.6 is 0 Å². The van der Waals surface area contributed by atoms with Crippen LogP contribution in [0, 0.1) is 34.8 Å². The van der Waals surface area contributed by atoms with Crippen LogP contribution in [0.4, 0.5) is 8.78 Å². The molecule has 36 heavy (non-hydrogen) atoms. The third kappa shape index (κ3) is 8.62. The standard InChI is InChI=1S/C30H37F2NO3/c1-2-3-4-5-6-7-8-9-22-10-12-23(13-11-22)21-35-25-16-17-27(29(32)18-25)30(34)36-26-15-14-24(20-33)28(31)19-26/h14-19,22-23H,2-13,21H2,1H3. The highest BCUT2D eigenvalue weighted by atomic mass is 19.1. The molecule has 0 bridgehead atoms. The van der Waals surface area contributed by atoms with Crippen molar-refractivity contribution in [1.82, 2.24) is 0 Å². The van der Waals surface area contributed by atoms with E-state index in [0.717, 1.165) is 24.8 Å². The fraction of sp³-hybridized carbons (Fsp3) is 0.533. The summed E-state index contributed by atoms with van der Waals surface area (Å²) >= 11 is 0. The van der Waals surface area contributed by atoms with Gasteiger partial charge in [0.2, 0.25) is 0 Å². The Morgan fingerprint density at radius 3 is 2.19 bits per heavy atom. The number of benzene rings is 2. The smallest absolute Gasteiger partial charge is 0.346 e. The molecule has 0 unspecified atom stereocenters. The van der Waals surface area contributed by atoms with Crippen molar-refractivity contribution in [2.45, 2.75) is 84.0 Å². The van der Waals surface area contributed by atoms with Gasteiger partial charge < -0.3 is 9.47 Å². The molecule has 1 fully saturated rings. The molecule has 6 heteroatoms. The van der Waals surface area contributed by atoms with Gasteiger partial charge in [-0.05, 0) is 48.9 Å². The van der Waals surface area contributed by atoms with Gasteiger partial charge in [-0.15, -0.1) is 0 Å². The van der Waals surface area contributed by atoms with E-state index in [1.807, 2.05) is 0 Å². The van der Waals surface area contributed by atoms with Gasteiger partial charge in [0.1, 0.15) is 29.2 Å². The summed E-state index contributed by atoms with van der Waals surface area (Å²) in [6.07, 6.45) is 15.5. The van der Waals surface area contributed by atoms with Crippen molar-refractivity contribution in [3.05, 3.63) is 59.2 Å². The molecule has 0 saturated heterocycles. The molecule has 0 N–H and O–H groups in total. The maximum absolute atomic E-state index is 14.6. The Morgan fingerprint density at radius 1 is 0.889 bits per heavy atom. The quantitative estimate of drug-likeness (QED) is 0.158. The number of hydrogen-bond donors (Lipinski definition) is 0. The van der Waals surface area contributed by atoms with Gasteiger partial charge in [-0.2, -0.15) is 5.26 Å². The van der Waals surface area contributed by atoms with Crippen molar-refractivity contribution in [3.63, 3.8) is 0 Å². The third-order valence-electron chi connectivity index (χ3n) is 7.10. The lowest BCUT2D eigenvalue weighted by molar-refractivity contribution is 0.0729. The molecule has 3 rings (SSSR count). The normalized spacial score (nSPS) is 17.4. The molecular formula is C30H37F2NO3. The van der Waals surface area contributed by atoms with Crippen molar-refractivity contribution in [2.75, 3.05) is 6.61 Å². The fourth-order valence-corrected chi connectivity index (χ4v) is 4.85. The second kappa shape index (κ2) is 14.6. The monoisotopic (exact) mass is 497 g/mol. The summed E-state index contributed by atoms with van der Waals surface area (Å²) in [7, 11) is 0. The van der Waals surface area contributed by atoms with Crippen LogP contribution < -0.4 is 9.47 Å². The molecule has 1 aliphatic carbocycles.